The molecule has 8 heteroatoms. The third kappa shape index (κ3) is 3.72. The van der Waals surface area contributed by atoms with Gasteiger partial charge in [-0.3, -0.25) is 0 Å². The van der Waals surface area contributed by atoms with Crippen LogP contribution in [0.1, 0.15) is 21.6 Å². The van der Waals surface area contributed by atoms with Crippen LogP contribution in [0.4, 0.5) is 13.2 Å². The topological polar surface area (TPSA) is 63.1 Å². The first-order valence-electron chi connectivity index (χ1n) is 5.69. The van der Waals surface area contributed by atoms with Crippen molar-refractivity contribution in [3.8, 4) is 0 Å². The number of hydrogen-bond donors (Lipinski definition) is 1. The summed E-state index contributed by atoms with van der Waals surface area (Å²) < 4.78 is 37.2. The average molecular weight is 314 g/mol. The van der Waals surface area contributed by atoms with Crippen LogP contribution in [0.3, 0.4) is 0 Å². The number of aryl methyl sites for hydroxylation is 1. The van der Waals surface area contributed by atoms with E-state index >= 15 is 0 Å². The van der Waals surface area contributed by atoms with Crippen LogP contribution < -0.4 is 0 Å². The van der Waals surface area contributed by atoms with E-state index < -0.39 is 17.7 Å². The van der Waals surface area contributed by atoms with E-state index in [0.29, 0.717) is 15.7 Å². The Labute approximate surface area is 122 Å². The van der Waals surface area contributed by atoms with Gasteiger partial charge in [0.2, 0.25) is 0 Å². The molecule has 2 rings (SSSR count). The zero-order chi connectivity index (χ0) is 15.6. The molecule has 4 nitrogen and oxygen atoms in total. The van der Waals surface area contributed by atoms with E-state index in [0.717, 1.165) is 24.0 Å². The molecule has 0 aliphatic rings. The van der Waals surface area contributed by atoms with Crippen LogP contribution in [0.25, 0.3) is 0 Å². The van der Waals surface area contributed by atoms with E-state index in [1.54, 1.807) is 6.92 Å². The van der Waals surface area contributed by atoms with E-state index in [1.807, 2.05) is 0 Å². The van der Waals surface area contributed by atoms with E-state index in [4.69, 9.17) is 5.11 Å². The zero-order valence-corrected chi connectivity index (χ0v) is 11.5. The van der Waals surface area contributed by atoms with Gasteiger partial charge in [0.25, 0.3) is 0 Å². The summed E-state index contributed by atoms with van der Waals surface area (Å²) in [5, 5.41) is 9.70. The number of rotatable bonds is 3. The molecular weight excluding hydrogens is 305 g/mol. The fraction of sp³-hybridized carbons (Fsp3) is 0.154. The van der Waals surface area contributed by atoms with Crippen LogP contribution in [0.5, 0.6) is 0 Å². The van der Waals surface area contributed by atoms with Crippen molar-refractivity contribution >= 4 is 17.7 Å². The van der Waals surface area contributed by atoms with Gasteiger partial charge in [-0.05, 0) is 31.2 Å². The number of hydrogen-bond acceptors (Lipinski definition) is 4. The van der Waals surface area contributed by atoms with Crippen molar-refractivity contribution in [2.75, 3.05) is 0 Å². The SMILES string of the molecule is Cc1nc(Sc2ccc(C(F)(F)F)cn2)ccc1C(=O)O. The van der Waals surface area contributed by atoms with Crippen LogP contribution >= 0.6 is 11.8 Å². The maximum absolute atomic E-state index is 12.4. The van der Waals surface area contributed by atoms with Gasteiger partial charge < -0.3 is 5.11 Å². The van der Waals surface area contributed by atoms with Crippen molar-refractivity contribution in [3.05, 3.63) is 47.3 Å². The second kappa shape index (κ2) is 5.72. The van der Waals surface area contributed by atoms with Gasteiger partial charge in [-0.15, -0.1) is 0 Å². The van der Waals surface area contributed by atoms with Crippen molar-refractivity contribution in [1.29, 1.82) is 0 Å². The van der Waals surface area contributed by atoms with E-state index in [-0.39, 0.29) is 5.56 Å². The lowest BCUT2D eigenvalue weighted by atomic mass is 10.2. The number of aromatic nitrogens is 2. The molecule has 2 aromatic heterocycles. The summed E-state index contributed by atoms with van der Waals surface area (Å²) in [6, 6.07) is 5.07. The standard InChI is InChI=1S/C13H9F3N2O2S/c1-7-9(12(19)20)3-5-11(18-7)21-10-4-2-8(6-17-10)13(14,15)16/h2-6H,1H3,(H,19,20). The predicted molar refractivity (Wildman–Crippen MR) is 69.3 cm³/mol. The van der Waals surface area contributed by atoms with Crippen molar-refractivity contribution in [2.45, 2.75) is 23.2 Å². The molecule has 0 unspecified atom stereocenters. The third-order valence-corrected chi connectivity index (χ3v) is 3.45. The van der Waals surface area contributed by atoms with Gasteiger partial charge in [-0.2, -0.15) is 13.2 Å². The minimum absolute atomic E-state index is 0.0831. The summed E-state index contributed by atoms with van der Waals surface area (Å²) in [6.45, 7) is 1.55. The Hall–Kier alpha value is -2.09. The molecule has 0 fully saturated rings. The number of nitrogens with zero attached hydrogens (tertiary/aromatic N) is 2. The summed E-state index contributed by atoms with van der Waals surface area (Å²) in [6.07, 6.45) is -3.67. The average Bonchev–Trinajstić information content (AvgIpc) is 2.38. The summed E-state index contributed by atoms with van der Waals surface area (Å²) in [5.41, 5.74) is -0.406. The first-order chi connectivity index (χ1) is 9.77. The Kier molecular flexibility index (Phi) is 4.17. The summed E-state index contributed by atoms with van der Waals surface area (Å²) in [7, 11) is 0. The molecule has 0 radical (unpaired) electrons. The normalized spacial score (nSPS) is 11.4. The number of halogens is 3. The predicted octanol–water partition coefficient (Wildman–Crippen LogP) is 3.65. The first kappa shape index (κ1) is 15.3. The number of carbonyl (C=O) groups is 1. The number of carboxylic acid groups (broad SMARTS) is 1. The van der Waals surface area contributed by atoms with Crippen molar-refractivity contribution in [2.24, 2.45) is 0 Å². The fourth-order valence-electron chi connectivity index (χ4n) is 1.54. The Balaban J connectivity index is 2.19. The molecule has 0 aliphatic carbocycles. The third-order valence-electron chi connectivity index (χ3n) is 2.56. The second-order valence-corrected chi connectivity index (χ2v) is 5.11. The Morgan fingerprint density at radius 3 is 2.33 bits per heavy atom. The molecule has 0 spiro atoms. The summed E-state index contributed by atoms with van der Waals surface area (Å²) in [4.78, 5) is 18.7. The molecule has 2 heterocycles. The van der Waals surface area contributed by atoms with Crippen LogP contribution in [-0.4, -0.2) is 21.0 Å². The van der Waals surface area contributed by atoms with Gasteiger partial charge in [0.1, 0.15) is 10.1 Å². The van der Waals surface area contributed by atoms with Crippen LogP contribution in [0.2, 0.25) is 0 Å². The minimum atomic E-state index is -4.42. The molecule has 0 bridgehead atoms. The molecule has 0 saturated carbocycles. The van der Waals surface area contributed by atoms with Crippen molar-refractivity contribution in [1.82, 2.24) is 9.97 Å². The molecule has 110 valence electrons. The van der Waals surface area contributed by atoms with E-state index in [1.165, 1.54) is 18.2 Å². The highest BCUT2D eigenvalue weighted by Crippen LogP contribution is 2.31. The van der Waals surface area contributed by atoms with Gasteiger partial charge in [0.15, 0.2) is 0 Å². The maximum atomic E-state index is 12.4. The molecule has 0 aliphatic heterocycles. The second-order valence-electron chi connectivity index (χ2n) is 4.07. The van der Waals surface area contributed by atoms with Crippen LogP contribution in [0, 0.1) is 6.92 Å². The summed E-state index contributed by atoms with van der Waals surface area (Å²) in [5.74, 6) is -1.08. The molecular formula is C13H9F3N2O2S. The van der Waals surface area contributed by atoms with Gasteiger partial charge in [-0.1, -0.05) is 11.8 Å². The molecule has 21 heavy (non-hydrogen) atoms. The molecule has 0 atom stereocenters. The number of aromatic carboxylic acids is 1. The minimum Gasteiger partial charge on any atom is -0.478 e. The molecule has 1 N–H and O–H groups in total. The van der Waals surface area contributed by atoms with E-state index in [9.17, 15) is 18.0 Å². The monoisotopic (exact) mass is 314 g/mol. The maximum Gasteiger partial charge on any atom is 0.417 e. The Bertz CT molecular complexity index is 672. The van der Waals surface area contributed by atoms with Crippen LogP contribution in [0.15, 0.2) is 40.5 Å². The van der Waals surface area contributed by atoms with Crippen LogP contribution in [-0.2, 0) is 6.18 Å². The molecule has 0 aromatic carbocycles. The van der Waals surface area contributed by atoms with Gasteiger partial charge in [0, 0.05) is 6.20 Å². The molecule has 0 saturated heterocycles. The Morgan fingerprint density at radius 2 is 1.86 bits per heavy atom. The fourth-order valence-corrected chi connectivity index (χ4v) is 2.31. The quantitative estimate of drug-likeness (QED) is 0.937. The highest BCUT2D eigenvalue weighted by atomic mass is 32.2. The zero-order valence-electron chi connectivity index (χ0n) is 10.7. The van der Waals surface area contributed by atoms with Gasteiger partial charge >= 0.3 is 12.1 Å². The van der Waals surface area contributed by atoms with Gasteiger partial charge in [0.05, 0.1) is 16.8 Å². The van der Waals surface area contributed by atoms with Gasteiger partial charge in [-0.25, -0.2) is 14.8 Å². The lowest BCUT2D eigenvalue weighted by Gasteiger charge is -2.07. The van der Waals surface area contributed by atoms with E-state index in [2.05, 4.69) is 9.97 Å². The lowest BCUT2D eigenvalue weighted by molar-refractivity contribution is -0.137. The number of pyridine rings is 2. The largest absolute Gasteiger partial charge is 0.478 e. The van der Waals surface area contributed by atoms with Crippen molar-refractivity contribution < 1.29 is 23.1 Å². The molecule has 2 aromatic rings. The lowest BCUT2D eigenvalue weighted by Crippen LogP contribution is -2.05. The number of carboxylic acids is 1. The first-order valence-corrected chi connectivity index (χ1v) is 6.51. The highest BCUT2D eigenvalue weighted by molar-refractivity contribution is 7.99. The number of alkyl halides is 3. The highest BCUT2D eigenvalue weighted by Gasteiger charge is 2.30. The smallest absolute Gasteiger partial charge is 0.417 e. The Morgan fingerprint density at radius 1 is 1.19 bits per heavy atom. The summed E-state index contributed by atoms with van der Waals surface area (Å²) >= 11 is 1.06. The van der Waals surface area contributed by atoms with Crippen molar-refractivity contribution in [3.63, 3.8) is 0 Å². The molecule has 0 amide bonds.